The van der Waals surface area contributed by atoms with E-state index in [1.165, 1.54) is 74.8 Å². The van der Waals surface area contributed by atoms with Crippen molar-refractivity contribution in [3.63, 3.8) is 0 Å². The number of benzene rings is 1. The summed E-state index contributed by atoms with van der Waals surface area (Å²) in [7, 11) is 0. The van der Waals surface area contributed by atoms with Crippen molar-refractivity contribution in [3.05, 3.63) is 95.6 Å². The Morgan fingerprint density at radius 1 is 0.716 bits per heavy atom. The highest BCUT2D eigenvalue weighted by molar-refractivity contribution is 5.92. The molecule has 4 heterocycles. The molecule has 1 N–H and O–H groups in total. The Labute approximate surface area is 383 Å². The number of rotatable bonds is 9. The highest BCUT2D eigenvalue weighted by atomic mass is 16.7. The summed E-state index contributed by atoms with van der Waals surface area (Å²) in [6.07, 6.45) is -8.73. The number of nitrogens with zero attached hydrogens (tertiary/aromatic N) is 2. The Kier molecular flexibility index (Phi) is 13.0. The second kappa shape index (κ2) is 18.1. The first-order valence-corrected chi connectivity index (χ1v) is 21.4. The maximum absolute atomic E-state index is 14.7. The first-order valence-electron chi connectivity index (χ1n) is 21.4. The van der Waals surface area contributed by atoms with Gasteiger partial charge in [-0.3, -0.25) is 33.9 Å². The van der Waals surface area contributed by atoms with Crippen molar-refractivity contribution < 1.29 is 86.1 Å². The molecule has 1 aromatic carbocycles. The molecule has 2 aliphatic heterocycles. The van der Waals surface area contributed by atoms with Crippen LogP contribution in [0.25, 0.3) is 0 Å². The van der Waals surface area contributed by atoms with Crippen molar-refractivity contribution in [1.29, 1.82) is 0 Å². The van der Waals surface area contributed by atoms with E-state index in [-0.39, 0.29) is 22.4 Å². The van der Waals surface area contributed by atoms with E-state index in [4.69, 9.17) is 42.6 Å². The molecule has 3 fully saturated rings. The standard InChI is InChI=1S/C47H50N2O18/c1-23-24(2)40(54)65-37-35(62-27(5)52)39(66-42(56)30-16-12-18-48-20-30)46(22-59-25(3)50)38(63-28(6)53)34(61-26(4)51)32-36(64-41(55)29-14-10-9-11-15-29)47(46,45(37,8)58)67-44(32,7)21-60-43(57)31-17-13-19-49-33(23)31/h9-20,23-24,32,34-39,58H,21-22H2,1-8H3/t23-,24+,32-,34-,35+,36-,37+,38-,39+,44+,45+,46-,47+/m1/s1. The summed E-state index contributed by atoms with van der Waals surface area (Å²) in [6, 6.07) is 13.1. The van der Waals surface area contributed by atoms with Crippen LogP contribution in [-0.2, 0) is 66.6 Å². The smallest absolute Gasteiger partial charge is 0.340 e. The molecule has 0 amide bonds. The number of hydrogen-bond donors (Lipinski definition) is 1. The van der Waals surface area contributed by atoms with Crippen molar-refractivity contribution in [2.45, 2.75) is 115 Å². The molecule has 13 atom stereocenters. The zero-order valence-electron chi connectivity index (χ0n) is 37.8. The van der Waals surface area contributed by atoms with Gasteiger partial charge < -0.3 is 47.7 Å². The highest BCUT2D eigenvalue weighted by Crippen LogP contribution is 2.70. The number of hydrogen-bond acceptors (Lipinski definition) is 20. The summed E-state index contributed by atoms with van der Waals surface area (Å²) < 4.78 is 56.4. The Bertz CT molecular complexity index is 2460. The van der Waals surface area contributed by atoms with E-state index in [9.17, 15) is 43.5 Å². The predicted octanol–water partition coefficient (Wildman–Crippen LogP) is 3.02. The fourth-order valence-electron chi connectivity index (χ4n) is 10.3. The first kappa shape index (κ1) is 48.1. The van der Waals surface area contributed by atoms with E-state index < -0.39 is 138 Å². The summed E-state index contributed by atoms with van der Waals surface area (Å²) in [5.41, 5.74) is -10.9. The molecule has 356 valence electrons. The zero-order chi connectivity index (χ0) is 48.8. The SMILES string of the molecule is CC(=O)OC[C@]12[C@H](OC(C)=O)[C@H](OC(C)=O)[C@@H]3[C@@H](OC(=O)c4ccccc4)[C@@]14O[C@@]3(C)COC(=O)c1cccnc1[C@H](C)[C@H](C)C(=O)O[C@@H]([C@H](OC(C)=O)[C@@H]2OC(=O)c1cccnc1)[C@]4(C)O. The molecule has 67 heavy (non-hydrogen) atoms. The first-order chi connectivity index (χ1) is 31.6. The molecule has 4 bridgehead atoms. The Morgan fingerprint density at radius 2 is 1.31 bits per heavy atom. The van der Waals surface area contributed by atoms with E-state index in [1.807, 2.05) is 0 Å². The molecule has 2 saturated carbocycles. The lowest BCUT2D eigenvalue weighted by molar-refractivity contribution is -0.385. The summed E-state index contributed by atoms with van der Waals surface area (Å²) in [6.45, 7) is 7.57. The van der Waals surface area contributed by atoms with E-state index >= 15 is 0 Å². The number of carbonyl (C=O) groups excluding carboxylic acids is 8. The van der Waals surface area contributed by atoms with E-state index in [1.54, 1.807) is 13.0 Å². The number of aromatic nitrogens is 2. The molecule has 20 nitrogen and oxygen atoms in total. The van der Waals surface area contributed by atoms with E-state index in [0.717, 1.165) is 40.8 Å². The lowest BCUT2D eigenvalue weighted by Gasteiger charge is -2.67. The second-order valence-electron chi connectivity index (χ2n) is 17.5. The average Bonchev–Trinajstić information content (AvgIpc) is 3.51. The summed E-state index contributed by atoms with van der Waals surface area (Å²) in [4.78, 5) is 120. The average molecular weight is 931 g/mol. The second-order valence-corrected chi connectivity index (χ2v) is 17.5. The topological polar surface area (TPSA) is 266 Å². The van der Waals surface area contributed by atoms with Gasteiger partial charge in [0.2, 0.25) is 0 Å². The third kappa shape index (κ3) is 8.15. The van der Waals surface area contributed by atoms with Gasteiger partial charge in [-0.2, -0.15) is 0 Å². The van der Waals surface area contributed by atoms with E-state index in [2.05, 4.69) is 9.97 Å². The Balaban J connectivity index is 1.65. The molecular formula is C47H50N2O18. The molecule has 2 aromatic heterocycles. The van der Waals surface area contributed by atoms with Gasteiger partial charge in [0.25, 0.3) is 0 Å². The minimum atomic E-state index is -2.93. The van der Waals surface area contributed by atoms with Crippen LogP contribution in [0.4, 0.5) is 0 Å². The van der Waals surface area contributed by atoms with Gasteiger partial charge in [-0.25, -0.2) is 14.4 Å². The van der Waals surface area contributed by atoms with Crippen LogP contribution in [0.1, 0.15) is 98.1 Å². The molecule has 4 aliphatic rings. The molecule has 3 aromatic rings. The lowest BCUT2D eigenvalue weighted by atomic mass is 9.45. The number of carbonyl (C=O) groups is 8. The number of pyridine rings is 2. The van der Waals surface area contributed by atoms with Gasteiger partial charge in [0.05, 0.1) is 34.2 Å². The van der Waals surface area contributed by atoms with Gasteiger partial charge in [-0.15, -0.1) is 0 Å². The summed E-state index contributed by atoms with van der Waals surface area (Å²) in [5, 5.41) is 13.9. The van der Waals surface area contributed by atoms with Crippen LogP contribution in [-0.4, -0.2) is 129 Å². The van der Waals surface area contributed by atoms with Gasteiger partial charge in [0.1, 0.15) is 42.0 Å². The van der Waals surface area contributed by atoms with Crippen molar-refractivity contribution in [2.75, 3.05) is 13.2 Å². The number of esters is 8. The molecular weight excluding hydrogens is 881 g/mol. The number of aliphatic hydroxyl groups is 1. The molecule has 1 spiro atoms. The largest absolute Gasteiger partial charge is 0.465 e. The van der Waals surface area contributed by atoms with Gasteiger partial charge in [0.15, 0.2) is 30.0 Å². The molecule has 1 saturated heterocycles. The normalized spacial score (nSPS) is 34.1. The van der Waals surface area contributed by atoms with Gasteiger partial charge in [-0.1, -0.05) is 32.0 Å². The quantitative estimate of drug-likeness (QED) is 0.239. The molecule has 2 aliphatic carbocycles. The Morgan fingerprint density at radius 3 is 1.94 bits per heavy atom. The van der Waals surface area contributed by atoms with Crippen LogP contribution in [0.3, 0.4) is 0 Å². The van der Waals surface area contributed by atoms with Crippen LogP contribution in [0, 0.1) is 17.3 Å². The number of cyclic esters (lactones) is 1. The van der Waals surface area contributed by atoms with Crippen LogP contribution >= 0.6 is 0 Å². The van der Waals surface area contributed by atoms with Crippen molar-refractivity contribution in [1.82, 2.24) is 9.97 Å². The van der Waals surface area contributed by atoms with Crippen molar-refractivity contribution in [2.24, 2.45) is 17.3 Å². The minimum absolute atomic E-state index is 0.0447. The van der Waals surface area contributed by atoms with Gasteiger partial charge in [0, 0.05) is 52.2 Å². The predicted molar refractivity (Wildman–Crippen MR) is 223 cm³/mol. The van der Waals surface area contributed by atoms with Crippen LogP contribution < -0.4 is 0 Å². The summed E-state index contributed by atoms with van der Waals surface area (Å²) in [5.74, 6) is -12.2. The number of ether oxygens (including phenoxy) is 9. The van der Waals surface area contributed by atoms with Gasteiger partial charge in [-0.05, 0) is 50.2 Å². The third-order valence-electron chi connectivity index (χ3n) is 13.2. The molecule has 0 unspecified atom stereocenters. The van der Waals surface area contributed by atoms with Crippen LogP contribution in [0.15, 0.2) is 73.2 Å². The highest BCUT2D eigenvalue weighted by Gasteiger charge is 2.92. The molecule has 20 heteroatoms. The maximum Gasteiger partial charge on any atom is 0.340 e. The van der Waals surface area contributed by atoms with Crippen LogP contribution in [0.5, 0.6) is 0 Å². The van der Waals surface area contributed by atoms with Crippen molar-refractivity contribution >= 4 is 47.8 Å². The molecule has 0 radical (unpaired) electrons. The zero-order valence-corrected chi connectivity index (χ0v) is 37.8. The third-order valence-corrected chi connectivity index (χ3v) is 13.2. The minimum Gasteiger partial charge on any atom is -0.465 e. The maximum atomic E-state index is 14.7. The summed E-state index contributed by atoms with van der Waals surface area (Å²) >= 11 is 0. The fraction of sp³-hybridized carbons (Fsp3) is 0.489. The van der Waals surface area contributed by atoms with Crippen molar-refractivity contribution in [3.8, 4) is 0 Å². The molecule has 7 rings (SSSR count). The van der Waals surface area contributed by atoms with Gasteiger partial charge >= 0.3 is 47.8 Å². The monoisotopic (exact) mass is 930 g/mol. The number of fused-ring (bicyclic) bond motifs is 5. The Hall–Kier alpha value is -6.80. The lowest BCUT2D eigenvalue weighted by Crippen LogP contribution is -2.89. The van der Waals surface area contributed by atoms with Crippen LogP contribution in [0.2, 0.25) is 0 Å². The fourth-order valence-corrected chi connectivity index (χ4v) is 10.3. The van der Waals surface area contributed by atoms with E-state index in [0.29, 0.717) is 0 Å².